The summed E-state index contributed by atoms with van der Waals surface area (Å²) in [5, 5.41) is 18.1. The van der Waals surface area contributed by atoms with Gasteiger partial charge in [-0.25, -0.2) is 4.79 Å². The van der Waals surface area contributed by atoms with E-state index in [1.54, 1.807) is 6.20 Å². The molecule has 0 radical (unpaired) electrons. The molecule has 0 fully saturated rings. The van der Waals surface area contributed by atoms with E-state index in [0.29, 0.717) is 11.3 Å². The Labute approximate surface area is 218 Å². The molecule has 0 aliphatic rings. The van der Waals surface area contributed by atoms with Crippen molar-refractivity contribution < 1.29 is 29.1 Å². The van der Waals surface area contributed by atoms with Gasteiger partial charge in [-0.2, -0.15) is 11.8 Å². The van der Waals surface area contributed by atoms with Gasteiger partial charge in [-0.3, -0.25) is 19.2 Å². The summed E-state index contributed by atoms with van der Waals surface area (Å²) < 4.78 is 0. The summed E-state index contributed by atoms with van der Waals surface area (Å²) in [7, 11) is 0. The fourth-order valence-electron chi connectivity index (χ4n) is 3.63. The van der Waals surface area contributed by atoms with Gasteiger partial charge in [0, 0.05) is 29.9 Å². The van der Waals surface area contributed by atoms with E-state index in [1.165, 1.54) is 18.7 Å². The molecular weight excluding hydrogens is 500 g/mol. The number of nitrogens with one attached hydrogen (secondary N) is 4. The predicted octanol–water partition coefficient (Wildman–Crippen LogP) is -0.385. The summed E-state index contributed by atoms with van der Waals surface area (Å²) in [6, 6.07) is 2.97. The van der Waals surface area contributed by atoms with Crippen LogP contribution in [0.15, 0.2) is 30.5 Å². The molecule has 202 valence electrons. The van der Waals surface area contributed by atoms with E-state index in [4.69, 9.17) is 11.5 Å². The van der Waals surface area contributed by atoms with Crippen molar-refractivity contribution in [3.05, 3.63) is 36.0 Å². The molecule has 0 bridgehead atoms. The molecule has 4 amide bonds. The van der Waals surface area contributed by atoms with Crippen molar-refractivity contribution in [2.75, 3.05) is 12.0 Å². The number of carbonyl (C=O) groups excluding carboxylic acids is 4. The second kappa shape index (κ2) is 14.2. The monoisotopic (exact) mass is 534 g/mol. The van der Waals surface area contributed by atoms with Gasteiger partial charge in [-0.1, -0.05) is 18.2 Å². The molecule has 0 saturated carbocycles. The van der Waals surface area contributed by atoms with E-state index < -0.39 is 53.8 Å². The highest BCUT2D eigenvalue weighted by Gasteiger charge is 2.30. The number of aliphatic carboxylic acids is 1. The number of fused-ring (bicyclic) bond motifs is 1. The number of thioether (sulfide) groups is 1. The molecule has 12 nitrogen and oxygen atoms in total. The van der Waals surface area contributed by atoms with Gasteiger partial charge >= 0.3 is 5.97 Å². The molecule has 4 atom stereocenters. The number of nitrogens with two attached hydrogens (primary N) is 2. The number of hydrogen-bond acceptors (Lipinski definition) is 7. The zero-order valence-corrected chi connectivity index (χ0v) is 21.6. The van der Waals surface area contributed by atoms with Crippen molar-refractivity contribution in [2.24, 2.45) is 11.5 Å². The van der Waals surface area contributed by atoms with Crippen LogP contribution in [0, 0.1) is 0 Å². The van der Waals surface area contributed by atoms with Crippen LogP contribution in [0.4, 0.5) is 0 Å². The minimum atomic E-state index is -1.30. The van der Waals surface area contributed by atoms with Gasteiger partial charge in [0.15, 0.2) is 0 Å². The quantitative estimate of drug-likeness (QED) is 0.160. The first kappa shape index (κ1) is 29.6. The van der Waals surface area contributed by atoms with E-state index in [9.17, 15) is 29.1 Å². The number of H-pyrrole nitrogens is 1. The summed E-state index contributed by atoms with van der Waals surface area (Å²) in [6.07, 6.45) is 3.40. The Morgan fingerprint density at radius 1 is 0.973 bits per heavy atom. The molecule has 9 N–H and O–H groups in total. The summed E-state index contributed by atoms with van der Waals surface area (Å²) in [5.74, 6) is -3.39. The van der Waals surface area contributed by atoms with Gasteiger partial charge in [-0.05, 0) is 43.4 Å². The Kier molecular flexibility index (Phi) is 11.4. The number of aromatic nitrogens is 1. The fraction of sp³-hybridized carbons (Fsp3) is 0.458. The molecule has 1 aromatic carbocycles. The molecule has 37 heavy (non-hydrogen) atoms. The maximum absolute atomic E-state index is 13.1. The smallest absolute Gasteiger partial charge is 0.326 e. The average Bonchev–Trinajstić information content (AvgIpc) is 3.25. The van der Waals surface area contributed by atoms with Crippen molar-refractivity contribution in [2.45, 2.75) is 56.8 Å². The van der Waals surface area contributed by atoms with Crippen LogP contribution < -0.4 is 27.4 Å². The summed E-state index contributed by atoms with van der Waals surface area (Å²) >= 11 is 1.47. The Balaban J connectivity index is 2.19. The molecule has 0 saturated heterocycles. The lowest BCUT2D eigenvalue weighted by atomic mass is 10.0. The van der Waals surface area contributed by atoms with E-state index in [2.05, 4.69) is 20.9 Å². The third-order valence-corrected chi connectivity index (χ3v) is 6.33. The number of hydrogen-bond donors (Lipinski definition) is 7. The van der Waals surface area contributed by atoms with Gasteiger partial charge in [0.2, 0.25) is 23.6 Å². The normalized spacial score (nSPS) is 14.2. The van der Waals surface area contributed by atoms with Crippen LogP contribution in [-0.4, -0.2) is 75.9 Å². The van der Waals surface area contributed by atoms with Crippen molar-refractivity contribution in [3.63, 3.8) is 0 Å². The number of primary amides is 1. The van der Waals surface area contributed by atoms with Crippen LogP contribution in [0.3, 0.4) is 0 Å². The summed E-state index contributed by atoms with van der Waals surface area (Å²) in [5.41, 5.74) is 12.3. The van der Waals surface area contributed by atoms with E-state index in [-0.39, 0.29) is 25.7 Å². The lowest BCUT2D eigenvalue weighted by molar-refractivity contribution is -0.142. The number of aromatic amines is 1. The van der Waals surface area contributed by atoms with Gasteiger partial charge in [0.25, 0.3) is 0 Å². The Morgan fingerprint density at radius 2 is 1.57 bits per heavy atom. The van der Waals surface area contributed by atoms with Crippen molar-refractivity contribution in [1.82, 2.24) is 20.9 Å². The summed E-state index contributed by atoms with van der Waals surface area (Å²) in [4.78, 5) is 64.6. The van der Waals surface area contributed by atoms with Gasteiger partial charge in [0.1, 0.15) is 18.1 Å². The van der Waals surface area contributed by atoms with Crippen LogP contribution in [0.25, 0.3) is 10.9 Å². The number of carbonyl (C=O) groups is 5. The number of benzene rings is 1. The minimum absolute atomic E-state index is 0.0115. The zero-order chi connectivity index (χ0) is 27.5. The van der Waals surface area contributed by atoms with Crippen LogP contribution in [0.1, 0.15) is 31.7 Å². The molecule has 1 heterocycles. The number of rotatable bonds is 15. The molecule has 2 aromatic rings. The van der Waals surface area contributed by atoms with E-state index in [1.807, 2.05) is 30.5 Å². The Bertz CT molecular complexity index is 1120. The lowest BCUT2D eigenvalue weighted by Crippen LogP contribution is -2.57. The highest BCUT2D eigenvalue weighted by atomic mass is 32.2. The van der Waals surface area contributed by atoms with E-state index >= 15 is 0 Å². The molecule has 0 aliphatic carbocycles. The summed E-state index contributed by atoms with van der Waals surface area (Å²) in [6.45, 7) is 1.47. The Morgan fingerprint density at radius 3 is 2.16 bits per heavy atom. The first-order valence-electron chi connectivity index (χ1n) is 11.7. The van der Waals surface area contributed by atoms with Crippen LogP contribution in [0.5, 0.6) is 0 Å². The predicted molar refractivity (Wildman–Crippen MR) is 141 cm³/mol. The van der Waals surface area contributed by atoms with Crippen LogP contribution >= 0.6 is 11.8 Å². The standard InChI is InChI=1S/C24H34N6O6S/c1-13(25)21(32)28-18(9-10-37-2)23(34)29-17(7-8-20(26)31)22(33)30-19(24(35)36)11-14-12-27-16-6-4-3-5-15(14)16/h3-6,12-13,17-19,27H,7-11,25H2,1-2H3,(H2,26,31)(H,28,32)(H,29,34)(H,30,33)(H,35,36). The highest BCUT2D eigenvalue weighted by molar-refractivity contribution is 7.98. The number of amides is 4. The molecule has 0 aliphatic heterocycles. The minimum Gasteiger partial charge on any atom is -0.480 e. The van der Waals surface area contributed by atoms with Crippen molar-refractivity contribution in [1.29, 1.82) is 0 Å². The van der Waals surface area contributed by atoms with Gasteiger partial charge in [-0.15, -0.1) is 0 Å². The Hall–Kier alpha value is -3.58. The highest BCUT2D eigenvalue weighted by Crippen LogP contribution is 2.19. The fourth-order valence-corrected chi connectivity index (χ4v) is 4.10. The largest absolute Gasteiger partial charge is 0.480 e. The number of para-hydroxylation sites is 1. The van der Waals surface area contributed by atoms with Crippen molar-refractivity contribution >= 4 is 52.3 Å². The third-order valence-electron chi connectivity index (χ3n) is 5.68. The zero-order valence-electron chi connectivity index (χ0n) is 20.8. The maximum atomic E-state index is 13.1. The van der Waals surface area contributed by atoms with E-state index in [0.717, 1.165) is 10.9 Å². The molecule has 0 spiro atoms. The molecule has 2 rings (SSSR count). The molecular formula is C24H34N6O6S. The maximum Gasteiger partial charge on any atom is 0.326 e. The second-order valence-corrected chi connectivity index (χ2v) is 9.65. The number of carboxylic acid groups (broad SMARTS) is 1. The van der Waals surface area contributed by atoms with Crippen LogP contribution in [0.2, 0.25) is 0 Å². The third kappa shape index (κ3) is 9.10. The molecule has 4 unspecified atom stereocenters. The molecule has 13 heteroatoms. The van der Waals surface area contributed by atoms with Crippen molar-refractivity contribution in [3.8, 4) is 0 Å². The topological polar surface area (TPSA) is 209 Å². The SMILES string of the molecule is CSCCC(NC(=O)C(C)N)C(=O)NC(CCC(N)=O)C(=O)NC(Cc1c[nH]c2ccccc12)C(=O)O. The molecule has 1 aromatic heterocycles. The number of carboxylic acids is 1. The lowest BCUT2D eigenvalue weighted by Gasteiger charge is -2.24. The second-order valence-electron chi connectivity index (χ2n) is 8.66. The van der Waals surface area contributed by atoms with Gasteiger partial charge < -0.3 is 37.5 Å². The van der Waals surface area contributed by atoms with Gasteiger partial charge in [0.05, 0.1) is 6.04 Å². The van der Waals surface area contributed by atoms with Crippen LogP contribution in [-0.2, 0) is 30.4 Å². The first-order chi connectivity index (χ1) is 17.5. The average molecular weight is 535 g/mol. The first-order valence-corrected chi connectivity index (χ1v) is 13.1.